The third-order valence-electron chi connectivity index (χ3n) is 3.67. The molecule has 1 saturated heterocycles. The molecule has 3 heteroatoms. The second-order valence-electron chi connectivity index (χ2n) is 4.96. The second-order valence-corrected chi connectivity index (χ2v) is 4.96. The fraction of sp³-hybridized carbons (Fsp3) is 1.00. The Bertz CT molecular complexity index is 190. The lowest BCUT2D eigenvalue weighted by Crippen LogP contribution is -2.54. The van der Waals surface area contributed by atoms with Gasteiger partial charge in [0.15, 0.2) is 0 Å². The van der Waals surface area contributed by atoms with Gasteiger partial charge in [0, 0.05) is 32.2 Å². The molecule has 0 aromatic rings. The average molecular weight is 198 g/mol. The Kier molecular flexibility index (Phi) is 3.10. The third-order valence-corrected chi connectivity index (χ3v) is 3.67. The highest BCUT2D eigenvalue weighted by molar-refractivity contribution is 4.90. The molecule has 0 spiro atoms. The summed E-state index contributed by atoms with van der Waals surface area (Å²) in [4.78, 5) is 2.43. The maximum absolute atomic E-state index is 10.3. The predicted octanol–water partition coefficient (Wildman–Crippen LogP) is 0.585. The summed E-state index contributed by atoms with van der Waals surface area (Å²) in [5.74, 6) is 0. The van der Waals surface area contributed by atoms with E-state index in [2.05, 4.69) is 17.1 Å². The Morgan fingerprint density at radius 3 is 2.79 bits per heavy atom. The van der Waals surface area contributed by atoms with Crippen LogP contribution in [0.1, 0.15) is 32.6 Å². The molecule has 1 aliphatic heterocycles. The first-order valence-electron chi connectivity index (χ1n) is 5.87. The Labute approximate surface area is 86.5 Å². The topological polar surface area (TPSA) is 35.5 Å². The predicted molar refractivity (Wildman–Crippen MR) is 57.3 cm³/mol. The van der Waals surface area contributed by atoms with Crippen LogP contribution in [-0.4, -0.2) is 47.8 Å². The zero-order chi connectivity index (χ0) is 10.0. The van der Waals surface area contributed by atoms with E-state index >= 15 is 0 Å². The minimum atomic E-state index is -0.369. The molecule has 0 aromatic carbocycles. The summed E-state index contributed by atoms with van der Waals surface area (Å²) in [6, 6.07) is 0.577. The van der Waals surface area contributed by atoms with Crippen molar-refractivity contribution in [3.05, 3.63) is 0 Å². The van der Waals surface area contributed by atoms with Crippen LogP contribution in [0.25, 0.3) is 0 Å². The van der Waals surface area contributed by atoms with E-state index in [0.717, 1.165) is 39.0 Å². The molecular weight excluding hydrogens is 176 g/mol. The number of β-amino-alcohol motifs (C(OH)–C–C–N with tert-alkyl or cyclic N) is 1. The number of hydrogen-bond acceptors (Lipinski definition) is 3. The third kappa shape index (κ3) is 2.27. The van der Waals surface area contributed by atoms with Gasteiger partial charge in [-0.25, -0.2) is 0 Å². The van der Waals surface area contributed by atoms with Crippen molar-refractivity contribution >= 4 is 0 Å². The summed E-state index contributed by atoms with van der Waals surface area (Å²) < 4.78 is 0. The summed E-state index contributed by atoms with van der Waals surface area (Å²) in [6.07, 6.45) is 4.42. The molecule has 3 nitrogen and oxygen atoms in total. The van der Waals surface area contributed by atoms with E-state index in [1.54, 1.807) is 0 Å². The van der Waals surface area contributed by atoms with Crippen LogP contribution in [-0.2, 0) is 0 Å². The number of aliphatic hydroxyl groups is 1. The number of rotatable bonds is 2. The van der Waals surface area contributed by atoms with Gasteiger partial charge in [0.1, 0.15) is 0 Å². The second kappa shape index (κ2) is 4.17. The van der Waals surface area contributed by atoms with Gasteiger partial charge in [0.25, 0.3) is 0 Å². The van der Waals surface area contributed by atoms with Crippen molar-refractivity contribution in [1.29, 1.82) is 0 Å². The van der Waals surface area contributed by atoms with E-state index in [0.29, 0.717) is 6.04 Å². The monoisotopic (exact) mass is 198 g/mol. The van der Waals surface area contributed by atoms with Gasteiger partial charge in [-0.3, -0.25) is 4.90 Å². The highest BCUT2D eigenvalue weighted by Crippen LogP contribution is 2.30. The van der Waals surface area contributed by atoms with E-state index < -0.39 is 0 Å². The molecule has 2 rings (SSSR count). The first-order chi connectivity index (χ1) is 6.70. The van der Waals surface area contributed by atoms with Crippen LogP contribution in [0.3, 0.4) is 0 Å². The fourth-order valence-corrected chi connectivity index (χ4v) is 2.69. The van der Waals surface area contributed by atoms with E-state index in [9.17, 15) is 5.11 Å². The maximum atomic E-state index is 10.3. The van der Waals surface area contributed by atoms with Crippen LogP contribution in [0.5, 0.6) is 0 Å². The van der Waals surface area contributed by atoms with Crippen LogP contribution in [0, 0.1) is 0 Å². The van der Waals surface area contributed by atoms with Crippen molar-refractivity contribution < 1.29 is 5.11 Å². The van der Waals surface area contributed by atoms with Gasteiger partial charge in [0.2, 0.25) is 0 Å². The minimum absolute atomic E-state index is 0.369. The van der Waals surface area contributed by atoms with Gasteiger partial charge in [-0.1, -0.05) is 12.8 Å². The van der Waals surface area contributed by atoms with Crippen molar-refractivity contribution in [1.82, 2.24) is 10.2 Å². The maximum Gasteiger partial charge on any atom is 0.0774 e. The Morgan fingerprint density at radius 2 is 2.14 bits per heavy atom. The van der Waals surface area contributed by atoms with E-state index in [1.807, 2.05) is 0 Å². The van der Waals surface area contributed by atoms with Gasteiger partial charge in [-0.05, 0) is 19.8 Å². The molecule has 2 fully saturated rings. The van der Waals surface area contributed by atoms with Crippen LogP contribution in [0.2, 0.25) is 0 Å². The molecule has 82 valence electrons. The first-order valence-corrected chi connectivity index (χ1v) is 5.87. The summed E-state index contributed by atoms with van der Waals surface area (Å²) >= 11 is 0. The zero-order valence-electron chi connectivity index (χ0n) is 9.13. The molecule has 1 aliphatic carbocycles. The van der Waals surface area contributed by atoms with Crippen molar-refractivity contribution in [2.24, 2.45) is 0 Å². The molecule has 0 radical (unpaired) electrons. The normalized spacial score (nSPS) is 33.4. The van der Waals surface area contributed by atoms with Crippen LogP contribution in [0.4, 0.5) is 0 Å². The summed E-state index contributed by atoms with van der Waals surface area (Å²) in [6.45, 7) is 6.35. The van der Waals surface area contributed by atoms with Gasteiger partial charge in [-0.2, -0.15) is 0 Å². The molecule has 0 amide bonds. The molecular formula is C11H22N2O. The van der Waals surface area contributed by atoms with Gasteiger partial charge >= 0.3 is 0 Å². The summed E-state index contributed by atoms with van der Waals surface area (Å²) in [5, 5.41) is 13.7. The van der Waals surface area contributed by atoms with E-state index in [-0.39, 0.29) is 5.60 Å². The van der Waals surface area contributed by atoms with Crippen molar-refractivity contribution in [2.45, 2.75) is 44.2 Å². The number of piperazine rings is 1. The average Bonchev–Trinajstić information content (AvgIpc) is 2.57. The van der Waals surface area contributed by atoms with Crippen LogP contribution in [0.15, 0.2) is 0 Å². The molecule has 0 aromatic heterocycles. The van der Waals surface area contributed by atoms with E-state index in [4.69, 9.17) is 0 Å². The Hall–Kier alpha value is -0.120. The first kappa shape index (κ1) is 10.4. The SMILES string of the molecule is CC1CNCCN1CC1(O)CCCC1. The molecule has 1 unspecified atom stereocenters. The quantitative estimate of drug-likeness (QED) is 0.681. The zero-order valence-corrected chi connectivity index (χ0v) is 9.13. The number of hydrogen-bond donors (Lipinski definition) is 2. The van der Waals surface area contributed by atoms with Crippen molar-refractivity contribution in [3.63, 3.8) is 0 Å². The van der Waals surface area contributed by atoms with Crippen LogP contribution < -0.4 is 5.32 Å². The van der Waals surface area contributed by atoms with Crippen molar-refractivity contribution in [3.8, 4) is 0 Å². The van der Waals surface area contributed by atoms with Crippen LogP contribution >= 0.6 is 0 Å². The van der Waals surface area contributed by atoms with Gasteiger partial charge in [0.05, 0.1) is 5.60 Å². The summed E-state index contributed by atoms with van der Waals surface area (Å²) in [5.41, 5.74) is -0.369. The molecule has 14 heavy (non-hydrogen) atoms. The molecule has 0 bridgehead atoms. The molecule has 1 heterocycles. The van der Waals surface area contributed by atoms with Gasteiger partial charge in [-0.15, -0.1) is 0 Å². The smallest absolute Gasteiger partial charge is 0.0774 e. The lowest BCUT2D eigenvalue weighted by Gasteiger charge is -2.38. The lowest BCUT2D eigenvalue weighted by atomic mass is 10.0. The molecule has 1 saturated carbocycles. The highest BCUT2D eigenvalue weighted by atomic mass is 16.3. The fourth-order valence-electron chi connectivity index (χ4n) is 2.69. The standard InChI is InChI=1S/C11H22N2O/c1-10-8-12-6-7-13(10)9-11(14)4-2-3-5-11/h10,12,14H,2-9H2,1H3. The van der Waals surface area contributed by atoms with Gasteiger partial charge < -0.3 is 10.4 Å². The lowest BCUT2D eigenvalue weighted by molar-refractivity contribution is -0.00623. The Morgan fingerprint density at radius 1 is 1.43 bits per heavy atom. The number of nitrogens with zero attached hydrogens (tertiary/aromatic N) is 1. The molecule has 1 atom stereocenters. The minimum Gasteiger partial charge on any atom is -0.389 e. The largest absolute Gasteiger partial charge is 0.389 e. The van der Waals surface area contributed by atoms with Crippen molar-refractivity contribution in [2.75, 3.05) is 26.2 Å². The Balaban J connectivity index is 1.88. The molecule has 2 N–H and O–H groups in total. The molecule has 2 aliphatic rings. The van der Waals surface area contributed by atoms with E-state index in [1.165, 1.54) is 12.8 Å². The summed E-state index contributed by atoms with van der Waals surface area (Å²) in [7, 11) is 0. The highest BCUT2D eigenvalue weighted by Gasteiger charge is 2.34. The number of nitrogens with one attached hydrogen (secondary N) is 1.